The summed E-state index contributed by atoms with van der Waals surface area (Å²) in [6, 6.07) is 18.3. The Morgan fingerprint density at radius 3 is 2.79 bits per heavy atom. The van der Waals surface area contributed by atoms with Crippen molar-refractivity contribution in [3.63, 3.8) is 0 Å². The van der Waals surface area contributed by atoms with E-state index in [1.807, 2.05) is 36.5 Å². The first kappa shape index (κ1) is 14.9. The molecule has 0 saturated heterocycles. The number of rotatable bonds is 4. The van der Waals surface area contributed by atoms with Gasteiger partial charge < -0.3 is 10.3 Å². The molecule has 0 aliphatic carbocycles. The lowest BCUT2D eigenvalue weighted by molar-refractivity contribution is 1.06. The van der Waals surface area contributed by atoms with Crippen LogP contribution in [0.5, 0.6) is 0 Å². The van der Waals surface area contributed by atoms with Gasteiger partial charge in [0.25, 0.3) is 0 Å². The Morgan fingerprint density at radius 1 is 1.04 bits per heavy atom. The highest BCUT2D eigenvalue weighted by Gasteiger charge is 2.09. The third-order valence-corrected chi connectivity index (χ3v) is 4.36. The first-order valence-electron chi connectivity index (χ1n) is 7.67. The Hall–Kier alpha value is -2.66. The molecule has 0 saturated carbocycles. The summed E-state index contributed by atoms with van der Waals surface area (Å²) in [5.41, 5.74) is 4.24. The lowest BCUT2D eigenvalue weighted by Crippen LogP contribution is -2.03. The van der Waals surface area contributed by atoms with Crippen LogP contribution in [-0.2, 0) is 6.54 Å². The maximum absolute atomic E-state index is 4.65. The molecule has 0 spiro atoms. The first-order chi connectivity index (χ1) is 11.8. The average molecular weight is 379 g/mol. The molecule has 2 aromatic carbocycles. The lowest BCUT2D eigenvalue weighted by atomic mass is 10.1. The fraction of sp³-hybridized carbons (Fsp3) is 0.0526. The zero-order valence-corrected chi connectivity index (χ0v) is 14.4. The zero-order valence-electron chi connectivity index (χ0n) is 12.8. The van der Waals surface area contributed by atoms with Gasteiger partial charge in [0.2, 0.25) is 5.95 Å². The molecule has 0 unspecified atom stereocenters. The van der Waals surface area contributed by atoms with Crippen LogP contribution in [-0.4, -0.2) is 15.0 Å². The van der Waals surface area contributed by atoms with Crippen molar-refractivity contribution >= 4 is 32.8 Å². The molecule has 2 heterocycles. The van der Waals surface area contributed by atoms with E-state index in [2.05, 4.69) is 60.5 Å². The molecule has 4 aromatic rings. The van der Waals surface area contributed by atoms with Gasteiger partial charge in [-0.25, -0.2) is 9.97 Å². The van der Waals surface area contributed by atoms with E-state index in [1.165, 1.54) is 5.56 Å². The van der Waals surface area contributed by atoms with E-state index in [9.17, 15) is 0 Å². The molecule has 0 aliphatic rings. The Bertz CT molecular complexity index is 979. The molecule has 4 rings (SSSR count). The van der Waals surface area contributed by atoms with Gasteiger partial charge in [0, 0.05) is 39.9 Å². The first-order valence-corrected chi connectivity index (χ1v) is 8.47. The van der Waals surface area contributed by atoms with Crippen LogP contribution < -0.4 is 5.32 Å². The van der Waals surface area contributed by atoms with Crippen molar-refractivity contribution < 1.29 is 0 Å². The second-order valence-electron chi connectivity index (χ2n) is 5.50. The molecular formula is C19H15BrN4. The zero-order chi connectivity index (χ0) is 16.4. The summed E-state index contributed by atoms with van der Waals surface area (Å²) in [7, 11) is 0. The maximum Gasteiger partial charge on any atom is 0.223 e. The number of fused-ring (bicyclic) bond motifs is 1. The van der Waals surface area contributed by atoms with Gasteiger partial charge in [-0.3, -0.25) is 0 Å². The molecule has 5 heteroatoms. The summed E-state index contributed by atoms with van der Waals surface area (Å²) >= 11 is 3.53. The summed E-state index contributed by atoms with van der Waals surface area (Å²) in [6.07, 6.45) is 3.77. The third kappa shape index (κ3) is 3.03. The number of nitrogens with zero attached hydrogens (tertiary/aromatic N) is 2. The molecule has 0 fully saturated rings. The Morgan fingerprint density at radius 2 is 1.92 bits per heavy atom. The van der Waals surface area contributed by atoms with E-state index in [0.29, 0.717) is 12.5 Å². The topological polar surface area (TPSA) is 53.6 Å². The molecule has 0 amide bonds. The maximum atomic E-state index is 4.65. The van der Waals surface area contributed by atoms with Crippen molar-refractivity contribution in [1.29, 1.82) is 0 Å². The van der Waals surface area contributed by atoms with Crippen LogP contribution in [0.2, 0.25) is 0 Å². The number of aromatic nitrogens is 3. The number of hydrogen-bond donors (Lipinski definition) is 2. The highest BCUT2D eigenvalue weighted by molar-refractivity contribution is 9.10. The lowest BCUT2D eigenvalue weighted by Gasteiger charge is -2.06. The van der Waals surface area contributed by atoms with E-state index >= 15 is 0 Å². The minimum absolute atomic E-state index is 0.626. The number of aromatic amines is 1. The number of nitrogens with one attached hydrogen (secondary N) is 2. The number of hydrogen-bond acceptors (Lipinski definition) is 3. The molecule has 2 N–H and O–H groups in total. The number of H-pyrrole nitrogens is 1. The highest BCUT2D eigenvalue weighted by atomic mass is 79.9. The Balaban J connectivity index is 1.63. The SMILES string of the molecule is Brc1ccc2[nH]cc(-c3ccnc(NCc4ccccc4)n3)c2c1. The van der Waals surface area contributed by atoms with Crippen LogP contribution in [0.1, 0.15) is 5.56 Å². The summed E-state index contributed by atoms with van der Waals surface area (Å²) in [6.45, 7) is 0.698. The molecular weight excluding hydrogens is 364 g/mol. The van der Waals surface area contributed by atoms with Gasteiger partial charge in [0.05, 0.1) is 5.69 Å². The second kappa shape index (κ2) is 6.45. The molecule has 4 nitrogen and oxygen atoms in total. The van der Waals surface area contributed by atoms with Gasteiger partial charge in [-0.2, -0.15) is 0 Å². The smallest absolute Gasteiger partial charge is 0.223 e. The van der Waals surface area contributed by atoms with Crippen LogP contribution in [0.25, 0.3) is 22.2 Å². The third-order valence-electron chi connectivity index (χ3n) is 3.87. The summed E-state index contributed by atoms with van der Waals surface area (Å²) in [5, 5.41) is 4.42. The average Bonchev–Trinajstić information content (AvgIpc) is 3.04. The standard InChI is InChI=1S/C19H15BrN4/c20-14-6-7-17-15(10-14)16(12-22-17)18-8-9-21-19(24-18)23-11-13-4-2-1-3-5-13/h1-10,12,22H,11H2,(H,21,23,24). The molecule has 24 heavy (non-hydrogen) atoms. The minimum atomic E-state index is 0.626. The minimum Gasteiger partial charge on any atom is -0.360 e. The normalized spacial score (nSPS) is 10.9. The number of benzene rings is 2. The van der Waals surface area contributed by atoms with Gasteiger partial charge in [-0.05, 0) is 29.8 Å². The van der Waals surface area contributed by atoms with E-state index < -0.39 is 0 Å². The van der Waals surface area contributed by atoms with Crippen molar-refractivity contribution in [2.75, 3.05) is 5.32 Å². The van der Waals surface area contributed by atoms with E-state index in [0.717, 1.165) is 26.6 Å². The largest absolute Gasteiger partial charge is 0.360 e. The van der Waals surface area contributed by atoms with E-state index in [-0.39, 0.29) is 0 Å². The fourth-order valence-corrected chi connectivity index (χ4v) is 3.04. The monoisotopic (exact) mass is 378 g/mol. The van der Waals surface area contributed by atoms with Crippen molar-refractivity contribution in [2.45, 2.75) is 6.54 Å². The molecule has 118 valence electrons. The number of anilines is 1. The van der Waals surface area contributed by atoms with Gasteiger partial charge in [0.15, 0.2) is 0 Å². The quantitative estimate of drug-likeness (QED) is 0.525. The van der Waals surface area contributed by atoms with Crippen molar-refractivity contribution in [2.24, 2.45) is 0 Å². The van der Waals surface area contributed by atoms with Gasteiger partial charge in [0.1, 0.15) is 0 Å². The molecule has 2 aromatic heterocycles. The Labute approximate surface area is 148 Å². The summed E-state index contributed by atoms with van der Waals surface area (Å²) < 4.78 is 1.05. The molecule has 0 atom stereocenters. The van der Waals surface area contributed by atoms with Crippen LogP contribution in [0, 0.1) is 0 Å². The van der Waals surface area contributed by atoms with Crippen LogP contribution >= 0.6 is 15.9 Å². The van der Waals surface area contributed by atoms with Crippen molar-refractivity contribution in [3.8, 4) is 11.3 Å². The van der Waals surface area contributed by atoms with Crippen LogP contribution in [0.15, 0.2) is 71.5 Å². The van der Waals surface area contributed by atoms with Gasteiger partial charge in [-0.1, -0.05) is 46.3 Å². The summed E-state index contributed by atoms with van der Waals surface area (Å²) in [5.74, 6) is 0.626. The predicted molar refractivity (Wildman–Crippen MR) is 101 cm³/mol. The molecule has 0 bridgehead atoms. The van der Waals surface area contributed by atoms with Crippen LogP contribution in [0.3, 0.4) is 0 Å². The van der Waals surface area contributed by atoms with Crippen molar-refractivity contribution in [1.82, 2.24) is 15.0 Å². The van der Waals surface area contributed by atoms with Crippen LogP contribution in [0.4, 0.5) is 5.95 Å². The Kier molecular flexibility index (Phi) is 4.01. The van der Waals surface area contributed by atoms with Gasteiger partial charge >= 0.3 is 0 Å². The molecule has 0 aliphatic heterocycles. The van der Waals surface area contributed by atoms with Gasteiger partial charge in [-0.15, -0.1) is 0 Å². The highest BCUT2D eigenvalue weighted by Crippen LogP contribution is 2.29. The second-order valence-corrected chi connectivity index (χ2v) is 6.41. The molecule has 0 radical (unpaired) electrons. The van der Waals surface area contributed by atoms with Crippen molar-refractivity contribution in [3.05, 3.63) is 77.0 Å². The predicted octanol–water partition coefficient (Wildman–Crippen LogP) is 5.00. The summed E-state index contributed by atoms with van der Waals surface area (Å²) in [4.78, 5) is 12.3. The number of halogens is 1. The fourth-order valence-electron chi connectivity index (χ4n) is 2.68. The van der Waals surface area contributed by atoms with E-state index in [1.54, 1.807) is 6.20 Å². The van der Waals surface area contributed by atoms with E-state index in [4.69, 9.17) is 0 Å².